The number of rotatable bonds is 3. The molecule has 1 fully saturated rings. The first-order valence-electron chi connectivity index (χ1n) is 7.63. The maximum absolute atomic E-state index is 12.4. The molecule has 5 nitrogen and oxygen atoms in total. The minimum Gasteiger partial charge on any atom is -0.459 e. The SMILES string of the molecule is O=C(NC1CCN(C(=O)c2ccco2)CC1)c1cc(Br)ccc1Cl. The van der Waals surface area contributed by atoms with Crippen molar-refractivity contribution in [3.05, 3.63) is 57.4 Å². The number of piperidine rings is 1. The lowest BCUT2D eigenvalue weighted by Gasteiger charge is -2.32. The van der Waals surface area contributed by atoms with Crippen LogP contribution in [0.5, 0.6) is 0 Å². The Bertz CT molecular complexity index is 740. The molecule has 2 amide bonds. The summed E-state index contributed by atoms with van der Waals surface area (Å²) in [5, 5.41) is 3.41. The number of carbonyl (C=O) groups is 2. The molecule has 1 N–H and O–H groups in total. The molecule has 2 heterocycles. The van der Waals surface area contributed by atoms with Crippen LogP contribution in [0.4, 0.5) is 0 Å². The highest BCUT2D eigenvalue weighted by Crippen LogP contribution is 2.22. The fourth-order valence-electron chi connectivity index (χ4n) is 2.72. The molecule has 0 bridgehead atoms. The summed E-state index contributed by atoms with van der Waals surface area (Å²) in [5.41, 5.74) is 0.445. The third-order valence-electron chi connectivity index (χ3n) is 4.02. The Morgan fingerprint density at radius 2 is 2.00 bits per heavy atom. The first kappa shape index (κ1) is 17.0. The van der Waals surface area contributed by atoms with Gasteiger partial charge in [-0.05, 0) is 43.2 Å². The number of halogens is 2. The number of benzene rings is 1. The van der Waals surface area contributed by atoms with Crippen LogP contribution in [-0.4, -0.2) is 35.8 Å². The van der Waals surface area contributed by atoms with E-state index in [9.17, 15) is 9.59 Å². The van der Waals surface area contributed by atoms with Gasteiger partial charge >= 0.3 is 0 Å². The molecule has 0 aliphatic carbocycles. The highest BCUT2D eigenvalue weighted by Gasteiger charge is 2.26. The summed E-state index contributed by atoms with van der Waals surface area (Å²) in [6.07, 6.45) is 2.88. The molecule has 126 valence electrons. The molecule has 1 aliphatic heterocycles. The standard InChI is InChI=1S/C17H16BrClN2O3/c18-11-3-4-14(19)13(10-11)16(22)20-12-5-7-21(8-6-12)17(23)15-2-1-9-24-15/h1-4,9-10,12H,5-8H2,(H,20,22). The van der Waals surface area contributed by atoms with Gasteiger partial charge in [-0.1, -0.05) is 27.5 Å². The molecule has 2 aromatic rings. The van der Waals surface area contributed by atoms with Crippen LogP contribution in [0.25, 0.3) is 0 Å². The first-order chi connectivity index (χ1) is 11.5. The zero-order chi connectivity index (χ0) is 17.1. The summed E-state index contributed by atoms with van der Waals surface area (Å²) in [6, 6.07) is 8.55. The van der Waals surface area contributed by atoms with Crippen LogP contribution < -0.4 is 5.32 Å². The smallest absolute Gasteiger partial charge is 0.289 e. The van der Waals surface area contributed by atoms with Crippen molar-refractivity contribution in [2.45, 2.75) is 18.9 Å². The topological polar surface area (TPSA) is 62.6 Å². The van der Waals surface area contributed by atoms with E-state index in [1.165, 1.54) is 6.26 Å². The number of likely N-dealkylation sites (tertiary alicyclic amines) is 1. The highest BCUT2D eigenvalue weighted by molar-refractivity contribution is 9.10. The maximum atomic E-state index is 12.4. The van der Waals surface area contributed by atoms with E-state index in [0.29, 0.717) is 42.3 Å². The van der Waals surface area contributed by atoms with Gasteiger partial charge in [0.05, 0.1) is 16.8 Å². The van der Waals surface area contributed by atoms with Crippen molar-refractivity contribution in [3.63, 3.8) is 0 Å². The zero-order valence-electron chi connectivity index (χ0n) is 12.8. The number of nitrogens with one attached hydrogen (secondary N) is 1. The minimum absolute atomic E-state index is 0.0215. The number of amides is 2. The number of hydrogen-bond donors (Lipinski definition) is 1. The molecule has 0 spiro atoms. The summed E-state index contributed by atoms with van der Waals surface area (Å²) in [4.78, 5) is 26.3. The molecule has 0 radical (unpaired) electrons. The van der Waals surface area contributed by atoms with E-state index in [-0.39, 0.29) is 17.9 Å². The monoisotopic (exact) mass is 410 g/mol. The molecule has 1 saturated heterocycles. The van der Waals surface area contributed by atoms with Gasteiger partial charge in [-0.3, -0.25) is 9.59 Å². The summed E-state index contributed by atoms with van der Waals surface area (Å²) >= 11 is 9.43. The normalized spacial score (nSPS) is 15.3. The van der Waals surface area contributed by atoms with Crippen LogP contribution >= 0.6 is 27.5 Å². The summed E-state index contributed by atoms with van der Waals surface area (Å²) in [7, 11) is 0. The fourth-order valence-corrected chi connectivity index (χ4v) is 3.28. The first-order valence-corrected chi connectivity index (χ1v) is 8.80. The predicted molar refractivity (Wildman–Crippen MR) is 94.3 cm³/mol. The molecule has 3 rings (SSSR count). The van der Waals surface area contributed by atoms with Crippen LogP contribution in [-0.2, 0) is 0 Å². The molecule has 1 aliphatic rings. The third-order valence-corrected chi connectivity index (χ3v) is 4.85. The van der Waals surface area contributed by atoms with Crippen LogP contribution in [0.3, 0.4) is 0 Å². The Balaban J connectivity index is 1.56. The Labute approximate surface area is 153 Å². The average molecular weight is 412 g/mol. The van der Waals surface area contributed by atoms with Crippen molar-refractivity contribution in [1.29, 1.82) is 0 Å². The number of furan rings is 1. The van der Waals surface area contributed by atoms with Crippen molar-refractivity contribution >= 4 is 39.3 Å². The molecular weight excluding hydrogens is 396 g/mol. The molecule has 0 unspecified atom stereocenters. The van der Waals surface area contributed by atoms with E-state index < -0.39 is 0 Å². The van der Waals surface area contributed by atoms with Crippen molar-refractivity contribution < 1.29 is 14.0 Å². The van der Waals surface area contributed by atoms with E-state index in [0.717, 1.165) is 4.47 Å². The number of carbonyl (C=O) groups excluding carboxylic acids is 2. The average Bonchev–Trinajstić information content (AvgIpc) is 3.11. The van der Waals surface area contributed by atoms with Gasteiger partial charge in [0.15, 0.2) is 5.76 Å². The van der Waals surface area contributed by atoms with Crippen LogP contribution in [0.2, 0.25) is 5.02 Å². The van der Waals surface area contributed by atoms with Gasteiger partial charge in [0.25, 0.3) is 11.8 Å². The Morgan fingerprint density at radius 1 is 1.25 bits per heavy atom. The third kappa shape index (κ3) is 3.82. The van der Waals surface area contributed by atoms with E-state index in [2.05, 4.69) is 21.2 Å². The van der Waals surface area contributed by atoms with Crippen molar-refractivity contribution in [1.82, 2.24) is 10.2 Å². The molecule has 7 heteroatoms. The van der Waals surface area contributed by atoms with Crippen molar-refractivity contribution in [2.75, 3.05) is 13.1 Å². The zero-order valence-corrected chi connectivity index (χ0v) is 15.1. The van der Waals surface area contributed by atoms with Crippen LogP contribution in [0.1, 0.15) is 33.8 Å². The van der Waals surface area contributed by atoms with Crippen LogP contribution in [0, 0.1) is 0 Å². The Kier molecular flexibility index (Phi) is 5.26. The highest BCUT2D eigenvalue weighted by atomic mass is 79.9. The Hall–Kier alpha value is -1.79. The van der Waals surface area contributed by atoms with Gasteiger partial charge in [0, 0.05) is 23.6 Å². The van der Waals surface area contributed by atoms with E-state index >= 15 is 0 Å². The second-order valence-corrected chi connectivity index (χ2v) is 6.96. The Morgan fingerprint density at radius 3 is 2.67 bits per heavy atom. The van der Waals surface area contributed by atoms with Crippen molar-refractivity contribution in [2.24, 2.45) is 0 Å². The number of hydrogen-bond acceptors (Lipinski definition) is 3. The lowest BCUT2D eigenvalue weighted by molar-refractivity contribution is 0.0667. The van der Waals surface area contributed by atoms with Gasteiger partial charge in [0.1, 0.15) is 0 Å². The van der Waals surface area contributed by atoms with Crippen LogP contribution in [0.15, 0.2) is 45.5 Å². The molecule has 0 atom stereocenters. The molecule has 1 aromatic heterocycles. The van der Waals surface area contributed by atoms with Crippen molar-refractivity contribution in [3.8, 4) is 0 Å². The summed E-state index contributed by atoms with van der Waals surface area (Å²) in [5.74, 6) is 0.0373. The molecule has 1 aromatic carbocycles. The largest absolute Gasteiger partial charge is 0.459 e. The predicted octanol–water partition coefficient (Wildman–Crippen LogP) is 3.73. The van der Waals surface area contributed by atoms with Gasteiger partial charge in [-0.2, -0.15) is 0 Å². The van der Waals surface area contributed by atoms with E-state index in [1.807, 2.05) is 0 Å². The molecular formula is C17H16BrClN2O3. The summed E-state index contributed by atoms with van der Waals surface area (Å²) in [6.45, 7) is 1.16. The van der Waals surface area contributed by atoms with Gasteiger partial charge < -0.3 is 14.6 Å². The maximum Gasteiger partial charge on any atom is 0.289 e. The lowest BCUT2D eigenvalue weighted by atomic mass is 10.0. The summed E-state index contributed by atoms with van der Waals surface area (Å²) < 4.78 is 5.94. The minimum atomic E-state index is -0.197. The molecule has 0 saturated carbocycles. The fraction of sp³-hybridized carbons (Fsp3) is 0.294. The van der Waals surface area contributed by atoms with E-state index in [4.69, 9.17) is 16.0 Å². The lowest BCUT2D eigenvalue weighted by Crippen LogP contribution is -2.46. The van der Waals surface area contributed by atoms with Gasteiger partial charge in [-0.25, -0.2) is 0 Å². The number of nitrogens with zero attached hydrogens (tertiary/aromatic N) is 1. The van der Waals surface area contributed by atoms with Gasteiger partial charge in [0.2, 0.25) is 0 Å². The second kappa shape index (κ2) is 7.40. The quantitative estimate of drug-likeness (QED) is 0.837. The second-order valence-electron chi connectivity index (χ2n) is 5.64. The molecule has 24 heavy (non-hydrogen) atoms. The van der Waals surface area contributed by atoms with Gasteiger partial charge in [-0.15, -0.1) is 0 Å². The van der Waals surface area contributed by atoms with E-state index in [1.54, 1.807) is 35.2 Å².